The first kappa shape index (κ1) is 20.6. The Balaban J connectivity index is 2.00. The maximum absolute atomic E-state index is 12.3. The molecule has 0 heterocycles. The summed E-state index contributed by atoms with van der Waals surface area (Å²) in [4.78, 5) is 35.2. The maximum Gasteiger partial charge on any atom is 0.307 e. The van der Waals surface area contributed by atoms with Gasteiger partial charge in [0.05, 0.1) is 19.6 Å². The van der Waals surface area contributed by atoms with Gasteiger partial charge in [0.1, 0.15) is 5.75 Å². The first-order valence-corrected chi connectivity index (χ1v) is 9.03. The highest BCUT2D eigenvalue weighted by molar-refractivity contribution is 9.10. The first-order valence-electron chi connectivity index (χ1n) is 8.24. The van der Waals surface area contributed by atoms with Crippen LogP contribution in [0.2, 0.25) is 0 Å². The molecular weight excluding hydrogens is 414 g/mol. The van der Waals surface area contributed by atoms with Crippen LogP contribution < -0.4 is 10.1 Å². The monoisotopic (exact) mass is 433 g/mol. The molecule has 0 aromatic heterocycles. The van der Waals surface area contributed by atoms with Crippen LogP contribution in [0.1, 0.15) is 35.3 Å². The Bertz CT molecular complexity index is 819. The van der Waals surface area contributed by atoms with Gasteiger partial charge in [-0.3, -0.25) is 14.4 Å². The quantitative estimate of drug-likeness (QED) is 0.509. The molecule has 0 saturated carbocycles. The predicted molar refractivity (Wildman–Crippen MR) is 104 cm³/mol. The Kier molecular flexibility index (Phi) is 7.55. The molecule has 2 rings (SSSR count). The molecule has 0 aliphatic heterocycles. The van der Waals surface area contributed by atoms with Gasteiger partial charge in [0.25, 0.3) is 5.91 Å². The van der Waals surface area contributed by atoms with E-state index >= 15 is 0 Å². The van der Waals surface area contributed by atoms with Gasteiger partial charge in [0.15, 0.2) is 12.4 Å². The third-order valence-electron chi connectivity index (χ3n) is 3.82. The molecule has 0 fully saturated rings. The number of ketones is 1. The van der Waals surface area contributed by atoms with Gasteiger partial charge < -0.3 is 14.8 Å². The number of amides is 1. The van der Waals surface area contributed by atoms with Crippen molar-refractivity contribution in [3.63, 3.8) is 0 Å². The van der Waals surface area contributed by atoms with Crippen LogP contribution in [0, 0.1) is 0 Å². The number of ether oxygens (including phenoxy) is 2. The van der Waals surface area contributed by atoms with Crippen molar-refractivity contribution in [2.75, 3.05) is 13.7 Å². The summed E-state index contributed by atoms with van der Waals surface area (Å²) >= 11 is 3.38. The zero-order valence-corrected chi connectivity index (χ0v) is 16.6. The molecule has 0 saturated heterocycles. The minimum absolute atomic E-state index is 0.00595. The summed E-state index contributed by atoms with van der Waals surface area (Å²) in [6.45, 7) is 1.26. The molecule has 0 bridgehead atoms. The number of esters is 1. The van der Waals surface area contributed by atoms with Gasteiger partial charge >= 0.3 is 5.97 Å². The maximum atomic E-state index is 12.3. The third-order valence-corrected chi connectivity index (χ3v) is 4.31. The fourth-order valence-electron chi connectivity index (χ4n) is 2.40. The highest BCUT2D eigenvalue weighted by atomic mass is 79.9. The molecule has 0 unspecified atom stereocenters. The van der Waals surface area contributed by atoms with Gasteiger partial charge in [-0.2, -0.15) is 0 Å². The second-order valence-corrected chi connectivity index (χ2v) is 6.74. The van der Waals surface area contributed by atoms with Crippen molar-refractivity contribution in [2.24, 2.45) is 0 Å². The summed E-state index contributed by atoms with van der Waals surface area (Å²) in [6, 6.07) is 13.3. The van der Waals surface area contributed by atoms with Gasteiger partial charge in [-0.15, -0.1) is 0 Å². The van der Waals surface area contributed by atoms with Gasteiger partial charge in [-0.05, 0) is 48.9 Å². The van der Waals surface area contributed by atoms with E-state index in [2.05, 4.69) is 21.2 Å². The molecule has 2 aromatic carbocycles. The second-order valence-electron chi connectivity index (χ2n) is 5.82. The summed E-state index contributed by atoms with van der Waals surface area (Å²) in [5, 5.41) is 2.79. The molecule has 6 nitrogen and oxygen atoms in total. The number of halogens is 1. The molecule has 0 radical (unpaired) electrons. The summed E-state index contributed by atoms with van der Waals surface area (Å²) in [7, 11) is 1.30. The van der Waals surface area contributed by atoms with Crippen molar-refractivity contribution in [3.05, 3.63) is 64.1 Å². The number of hydrogen-bond donors (Lipinski definition) is 1. The molecular formula is C20H20BrNO5. The van der Waals surface area contributed by atoms with Crippen molar-refractivity contribution in [2.45, 2.75) is 19.4 Å². The van der Waals surface area contributed by atoms with Gasteiger partial charge in [0.2, 0.25) is 0 Å². The number of methoxy groups -OCH3 is 1. The van der Waals surface area contributed by atoms with Crippen molar-refractivity contribution in [1.29, 1.82) is 0 Å². The van der Waals surface area contributed by atoms with E-state index < -0.39 is 12.0 Å². The zero-order valence-electron chi connectivity index (χ0n) is 15.0. The molecule has 1 N–H and O–H groups in total. The number of carbonyl (C=O) groups excluding carboxylic acids is 3. The van der Waals surface area contributed by atoms with Crippen LogP contribution in [0.15, 0.2) is 53.0 Å². The molecule has 1 atom stereocenters. The second kappa shape index (κ2) is 9.87. The number of rotatable bonds is 8. The third kappa shape index (κ3) is 6.53. The first-order chi connectivity index (χ1) is 12.9. The lowest BCUT2D eigenvalue weighted by Crippen LogP contribution is -2.34. The fraction of sp³-hybridized carbons (Fsp3) is 0.250. The number of carbonyl (C=O) groups is 3. The molecule has 27 heavy (non-hydrogen) atoms. The van der Waals surface area contributed by atoms with Crippen LogP contribution in [0.4, 0.5) is 0 Å². The Morgan fingerprint density at radius 2 is 1.81 bits per heavy atom. The van der Waals surface area contributed by atoms with E-state index in [0.717, 1.165) is 10.0 Å². The van der Waals surface area contributed by atoms with Crippen LogP contribution in [0.3, 0.4) is 0 Å². The average molecular weight is 434 g/mol. The number of Topliss-reactive ketones (excluding diaryl/α,β-unsaturated/α-hetero) is 1. The highest BCUT2D eigenvalue weighted by Crippen LogP contribution is 2.21. The van der Waals surface area contributed by atoms with E-state index in [1.807, 2.05) is 24.3 Å². The fourth-order valence-corrected chi connectivity index (χ4v) is 2.81. The van der Waals surface area contributed by atoms with E-state index in [4.69, 9.17) is 9.47 Å². The van der Waals surface area contributed by atoms with Crippen LogP contribution in [-0.2, 0) is 14.3 Å². The molecule has 0 spiro atoms. The van der Waals surface area contributed by atoms with Gasteiger partial charge in [0, 0.05) is 10.0 Å². The van der Waals surface area contributed by atoms with E-state index in [1.54, 1.807) is 24.3 Å². The highest BCUT2D eigenvalue weighted by Gasteiger charge is 2.19. The Morgan fingerprint density at radius 3 is 2.41 bits per heavy atom. The van der Waals surface area contributed by atoms with Crippen LogP contribution in [-0.4, -0.2) is 31.4 Å². The minimum Gasteiger partial charge on any atom is -0.484 e. The topological polar surface area (TPSA) is 81.7 Å². The largest absolute Gasteiger partial charge is 0.484 e. The summed E-state index contributed by atoms with van der Waals surface area (Å²) in [5.41, 5.74) is 1.34. The Morgan fingerprint density at radius 1 is 1.11 bits per heavy atom. The summed E-state index contributed by atoms with van der Waals surface area (Å²) in [5.74, 6) is -0.373. The Labute approximate surface area is 166 Å². The standard InChI is InChI=1S/C20H20BrNO5/c1-13(23)14-6-8-17(9-7-14)27-12-19(24)22-18(11-20(25)26-2)15-4-3-5-16(21)10-15/h3-10,18H,11-12H2,1-2H3,(H,22,24)/t18-/m0/s1. The average Bonchev–Trinajstić information content (AvgIpc) is 2.66. The lowest BCUT2D eigenvalue weighted by atomic mass is 10.0. The Hall–Kier alpha value is -2.67. The van der Waals surface area contributed by atoms with Crippen LogP contribution >= 0.6 is 15.9 Å². The van der Waals surface area contributed by atoms with Crippen LogP contribution in [0.25, 0.3) is 0 Å². The molecule has 7 heteroatoms. The minimum atomic E-state index is -0.536. The molecule has 2 aromatic rings. The summed E-state index contributed by atoms with van der Waals surface area (Å²) in [6.07, 6.45) is 0.00595. The predicted octanol–water partition coefficient (Wildman–Crippen LogP) is 3.45. The normalized spacial score (nSPS) is 11.4. The molecule has 1 amide bonds. The smallest absolute Gasteiger partial charge is 0.307 e. The lowest BCUT2D eigenvalue weighted by Gasteiger charge is -2.18. The van der Waals surface area contributed by atoms with E-state index in [9.17, 15) is 14.4 Å². The van der Waals surface area contributed by atoms with Gasteiger partial charge in [-0.1, -0.05) is 28.1 Å². The molecule has 0 aliphatic carbocycles. The van der Waals surface area contributed by atoms with E-state index in [0.29, 0.717) is 11.3 Å². The number of nitrogens with one attached hydrogen (secondary N) is 1. The van der Waals surface area contributed by atoms with Crippen molar-refractivity contribution < 1.29 is 23.9 Å². The van der Waals surface area contributed by atoms with Crippen molar-refractivity contribution in [3.8, 4) is 5.75 Å². The van der Waals surface area contributed by atoms with Crippen LogP contribution in [0.5, 0.6) is 5.75 Å². The number of benzene rings is 2. The van der Waals surface area contributed by atoms with Crippen molar-refractivity contribution in [1.82, 2.24) is 5.32 Å². The number of hydrogen-bond acceptors (Lipinski definition) is 5. The molecule has 142 valence electrons. The lowest BCUT2D eigenvalue weighted by molar-refractivity contribution is -0.141. The SMILES string of the molecule is COC(=O)C[C@H](NC(=O)COc1ccc(C(C)=O)cc1)c1cccc(Br)c1. The van der Waals surface area contributed by atoms with Gasteiger partial charge in [-0.25, -0.2) is 0 Å². The zero-order chi connectivity index (χ0) is 19.8. The van der Waals surface area contributed by atoms with E-state index in [-0.39, 0.29) is 24.7 Å². The summed E-state index contributed by atoms with van der Waals surface area (Å²) < 4.78 is 11.0. The van der Waals surface area contributed by atoms with Crippen molar-refractivity contribution >= 4 is 33.6 Å². The van der Waals surface area contributed by atoms with E-state index in [1.165, 1.54) is 14.0 Å². The molecule has 0 aliphatic rings.